The first kappa shape index (κ1) is 13.1. The third-order valence-corrected chi connectivity index (χ3v) is 3.19. The summed E-state index contributed by atoms with van der Waals surface area (Å²) in [4.78, 5) is 1.63. The van der Waals surface area contributed by atoms with E-state index in [0.717, 1.165) is 0 Å². The molecule has 9 heteroatoms. The Bertz CT molecular complexity index is 623. The number of aromatic nitrogens is 4. The summed E-state index contributed by atoms with van der Waals surface area (Å²) in [6.07, 6.45) is -4.49. The van der Waals surface area contributed by atoms with Crippen LogP contribution in [0.2, 0.25) is 0 Å². The molecule has 0 aromatic carbocycles. The Hall–Kier alpha value is -1.93. The van der Waals surface area contributed by atoms with Crippen molar-refractivity contribution in [2.75, 3.05) is 18.0 Å². The van der Waals surface area contributed by atoms with Crippen molar-refractivity contribution >= 4 is 11.5 Å². The number of piperidine rings is 1. The van der Waals surface area contributed by atoms with Crippen LogP contribution in [0.25, 0.3) is 5.65 Å². The van der Waals surface area contributed by atoms with Gasteiger partial charge in [0, 0.05) is 6.54 Å². The van der Waals surface area contributed by atoms with Gasteiger partial charge in [-0.1, -0.05) is 0 Å². The number of rotatable bonds is 1. The molecule has 3 rings (SSSR count). The molecular weight excluding hydrogens is 278 g/mol. The molecule has 2 aromatic heterocycles. The summed E-state index contributed by atoms with van der Waals surface area (Å²) < 4.78 is 52.3. The standard InChI is InChI=1S/C11H11F4N5/c12-7-2-1-5-19(6-7)9-4-3-8-16-17-10(11(13,14)15)20(8)18-9/h3-4,7H,1-2,5-6H2. The average molecular weight is 289 g/mol. The Morgan fingerprint density at radius 2 is 2.00 bits per heavy atom. The molecule has 0 N–H and O–H groups in total. The van der Waals surface area contributed by atoms with Crippen LogP contribution >= 0.6 is 0 Å². The molecular formula is C11H11F4N5. The lowest BCUT2D eigenvalue weighted by Gasteiger charge is -2.29. The third kappa shape index (κ3) is 2.27. The summed E-state index contributed by atoms with van der Waals surface area (Å²) in [5.41, 5.74) is 0.00915. The molecule has 1 fully saturated rings. The van der Waals surface area contributed by atoms with Gasteiger partial charge >= 0.3 is 6.18 Å². The Morgan fingerprint density at radius 1 is 1.20 bits per heavy atom. The van der Waals surface area contributed by atoms with Gasteiger partial charge in [0.05, 0.1) is 6.54 Å². The molecule has 0 saturated carbocycles. The van der Waals surface area contributed by atoms with Crippen molar-refractivity contribution in [3.63, 3.8) is 0 Å². The molecule has 0 amide bonds. The molecule has 0 radical (unpaired) electrons. The van der Waals surface area contributed by atoms with E-state index in [1.54, 1.807) is 4.90 Å². The maximum atomic E-state index is 13.4. The molecule has 5 nitrogen and oxygen atoms in total. The van der Waals surface area contributed by atoms with Crippen molar-refractivity contribution in [2.24, 2.45) is 0 Å². The van der Waals surface area contributed by atoms with Crippen molar-refractivity contribution in [3.8, 4) is 0 Å². The molecule has 2 aromatic rings. The highest BCUT2D eigenvalue weighted by Gasteiger charge is 2.37. The van der Waals surface area contributed by atoms with E-state index in [9.17, 15) is 17.6 Å². The first-order valence-electron chi connectivity index (χ1n) is 6.14. The fraction of sp³-hybridized carbons (Fsp3) is 0.545. The van der Waals surface area contributed by atoms with Gasteiger partial charge in [0.2, 0.25) is 0 Å². The molecule has 3 heterocycles. The van der Waals surface area contributed by atoms with Gasteiger partial charge in [-0.15, -0.1) is 15.3 Å². The van der Waals surface area contributed by atoms with Gasteiger partial charge in [0.1, 0.15) is 12.0 Å². The van der Waals surface area contributed by atoms with Crippen LogP contribution in [0.1, 0.15) is 18.7 Å². The number of halogens is 4. The zero-order valence-electron chi connectivity index (χ0n) is 10.3. The molecule has 20 heavy (non-hydrogen) atoms. The first-order chi connectivity index (χ1) is 9.45. The van der Waals surface area contributed by atoms with Gasteiger partial charge in [-0.3, -0.25) is 0 Å². The molecule has 1 saturated heterocycles. The van der Waals surface area contributed by atoms with Gasteiger partial charge < -0.3 is 4.90 Å². The number of alkyl halides is 4. The van der Waals surface area contributed by atoms with Gasteiger partial charge in [-0.25, -0.2) is 4.39 Å². The van der Waals surface area contributed by atoms with Crippen LogP contribution in [-0.2, 0) is 6.18 Å². The number of hydrogen-bond acceptors (Lipinski definition) is 4. The predicted octanol–water partition coefficient (Wildman–Crippen LogP) is 2.08. The van der Waals surface area contributed by atoms with Crippen molar-refractivity contribution in [1.29, 1.82) is 0 Å². The molecule has 1 unspecified atom stereocenters. The van der Waals surface area contributed by atoms with Crippen LogP contribution < -0.4 is 4.90 Å². The van der Waals surface area contributed by atoms with Gasteiger partial charge in [0.25, 0.3) is 5.82 Å². The Balaban J connectivity index is 2.01. The van der Waals surface area contributed by atoms with E-state index >= 15 is 0 Å². The smallest absolute Gasteiger partial charge is 0.352 e. The van der Waals surface area contributed by atoms with Crippen LogP contribution in [0.3, 0.4) is 0 Å². The lowest BCUT2D eigenvalue weighted by atomic mass is 10.1. The van der Waals surface area contributed by atoms with Gasteiger partial charge in [-0.2, -0.15) is 17.7 Å². The van der Waals surface area contributed by atoms with E-state index in [1.807, 2.05) is 0 Å². The van der Waals surface area contributed by atoms with Gasteiger partial charge in [-0.05, 0) is 25.0 Å². The minimum Gasteiger partial charge on any atom is -0.352 e. The second-order valence-electron chi connectivity index (χ2n) is 4.67. The van der Waals surface area contributed by atoms with Crippen molar-refractivity contribution in [3.05, 3.63) is 18.0 Å². The summed E-state index contributed by atoms with van der Waals surface area (Å²) in [7, 11) is 0. The largest absolute Gasteiger partial charge is 0.453 e. The molecule has 1 aliphatic rings. The van der Waals surface area contributed by atoms with Crippen LogP contribution in [0, 0.1) is 0 Å². The molecule has 1 atom stereocenters. The highest BCUT2D eigenvalue weighted by atomic mass is 19.4. The maximum absolute atomic E-state index is 13.4. The topological polar surface area (TPSA) is 46.3 Å². The van der Waals surface area contributed by atoms with Crippen molar-refractivity contribution in [1.82, 2.24) is 19.8 Å². The molecule has 0 spiro atoms. The fourth-order valence-corrected chi connectivity index (χ4v) is 2.26. The zero-order chi connectivity index (χ0) is 14.3. The lowest BCUT2D eigenvalue weighted by molar-refractivity contribution is -0.146. The van der Waals surface area contributed by atoms with Crippen molar-refractivity contribution in [2.45, 2.75) is 25.2 Å². The molecule has 0 bridgehead atoms. The Morgan fingerprint density at radius 3 is 2.70 bits per heavy atom. The van der Waals surface area contributed by atoms with Crippen molar-refractivity contribution < 1.29 is 17.6 Å². The third-order valence-electron chi connectivity index (χ3n) is 3.19. The van der Waals surface area contributed by atoms with E-state index in [0.29, 0.717) is 29.7 Å². The number of hydrogen-bond donors (Lipinski definition) is 0. The SMILES string of the molecule is FC1CCCN(c2ccc3nnc(C(F)(F)F)n3n2)C1. The first-order valence-corrected chi connectivity index (χ1v) is 6.14. The monoisotopic (exact) mass is 289 g/mol. The summed E-state index contributed by atoms with van der Waals surface area (Å²) in [5.74, 6) is -0.881. The highest BCUT2D eigenvalue weighted by Crippen LogP contribution is 2.28. The minimum absolute atomic E-state index is 0.00915. The second kappa shape index (κ2) is 4.57. The van der Waals surface area contributed by atoms with Crippen LogP contribution in [0.15, 0.2) is 12.1 Å². The average Bonchev–Trinajstić information content (AvgIpc) is 2.81. The zero-order valence-corrected chi connectivity index (χ0v) is 10.3. The van der Waals surface area contributed by atoms with E-state index in [1.165, 1.54) is 12.1 Å². The summed E-state index contributed by atoms with van der Waals surface area (Å²) >= 11 is 0. The minimum atomic E-state index is -4.63. The fourth-order valence-electron chi connectivity index (χ4n) is 2.26. The maximum Gasteiger partial charge on any atom is 0.453 e. The lowest BCUT2D eigenvalue weighted by Crippen LogP contribution is -2.37. The van der Waals surface area contributed by atoms with Gasteiger partial charge in [0.15, 0.2) is 5.65 Å². The molecule has 1 aliphatic heterocycles. The van der Waals surface area contributed by atoms with E-state index < -0.39 is 18.2 Å². The second-order valence-corrected chi connectivity index (χ2v) is 4.67. The normalized spacial score (nSPS) is 20.6. The number of fused-ring (bicyclic) bond motifs is 1. The summed E-state index contributed by atoms with van der Waals surface area (Å²) in [5, 5.41) is 10.4. The van der Waals surface area contributed by atoms with E-state index in [4.69, 9.17) is 0 Å². The predicted molar refractivity (Wildman–Crippen MR) is 62.1 cm³/mol. The number of nitrogens with zero attached hydrogens (tertiary/aromatic N) is 5. The quantitative estimate of drug-likeness (QED) is 0.754. The van der Waals surface area contributed by atoms with E-state index in [-0.39, 0.29) is 12.2 Å². The summed E-state index contributed by atoms with van der Waals surface area (Å²) in [6.45, 7) is 0.713. The van der Waals surface area contributed by atoms with Crippen LogP contribution in [0.5, 0.6) is 0 Å². The molecule has 0 aliphatic carbocycles. The highest BCUT2D eigenvalue weighted by molar-refractivity contribution is 5.46. The molecule has 108 valence electrons. The van der Waals surface area contributed by atoms with E-state index in [2.05, 4.69) is 15.3 Å². The Kier molecular flexibility index (Phi) is 2.98. The number of anilines is 1. The van der Waals surface area contributed by atoms with Crippen LogP contribution in [0.4, 0.5) is 23.4 Å². The van der Waals surface area contributed by atoms with Crippen LogP contribution in [-0.4, -0.2) is 39.1 Å². The summed E-state index contributed by atoms with van der Waals surface area (Å²) in [6, 6.07) is 2.93. The Labute approximate surface area is 111 Å².